The van der Waals surface area contributed by atoms with Gasteiger partial charge in [0.05, 0.1) is 11.4 Å². The molecule has 2 fully saturated rings. The molecule has 0 aromatic carbocycles. The molecule has 2 aliphatic rings. The number of nitrogen functional groups attached to an aromatic ring is 1. The fraction of sp³-hybridized carbons (Fsp3) is 0.812. The van der Waals surface area contributed by atoms with Gasteiger partial charge in [0, 0.05) is 26.2 Å². The van der Waals surface area contributed by atoms with Crippen molar-refractivity contribution in [1.82, 2.24) is 14.7 Å². The number of nitrogens with zero attached hydrogens (tertiary/aromatic N) is 4. The van der Waals surface area contributed by atoms with E-state index >= 15 is 0 Å². The number of aryl methyl sites for hydroxylation is 2. The summed E-state index contributed by atoms with van der Waals surface area (Å²) >= 11 is 0. The van der Waals surface area contributed by atoms with Crippen LogP contribution in [-0.2, 0) is 6.54 Å². The van der Waals surface area contributed by atoms with Crippen LogP contribution in [0.1, 0.15) is 38.3 Å². The maximum absolute atomic E-state index is 6.24. The van der Waals surface area contributed by atoms with Crippen molar-refractivity contribution < 1.29 is 0 Å². The van der Waals surface area contributed by atoms with Crippen LogP contribution in [0.15, 0.2) is 0 Å². The van der Waals surface area contributed by atoms with E-state index in [1.54, 1.807) is 0 Å². The quantitative estimate of drug-likeness (QED) is 0.923. The molecule has 2 N–H and O–H groups in total. The molecule has 2 saturated heterocycles. The molecule has 118 valence electrons. The highest BCUT2D eigenvalue weighted by Crippen LogP contribution is 2.30. The summed E-state index contributed by atoms with van der Waals surface area (Å²) in [7, 11) is 0. The molecule has 3 heterocycles. The van der Waals surface area contributed by atoms with Crippen LogP contribution in [0, 0.1) is 12.8 Å². The summed E-state index contributed by atoms with van der Waals surface area (Å²) in [4.78, 5) is 5.09. The summed E-state index contributed by atoms with van der Waals surface area (Å²) in [5.74, 6) is 2.01. The van der Waals surface area contributed by atoms with Gasteiger partial charge in [-0.1, -0.05) is 0 Å². The number of anilines is 2. The topological polar surface area (TPSA) is 50.3 Å². The molecule has 5 nitrogen and oxygen atoms in total. The molecule has 0 bridgehead atoms. The predicted molar refractivity (Wildman–Crippen MR) is 87.7 cm³/mol. The third-order valence-electron chi connectivity index (χ3n) is 5.07. The number of aromatic nitrogens is 2. The SMILES string of the molecule is CCn1nc(C)c(N)c1N1CCC(CN2CCCC2)CC1. The minimum Gasteiger partial charge on any atom is -0.394 e. The fourth-order valence-electron chi connectivity index (χ4n) is 3.79. The van der Waals surface area contributed by atoms with Gasteiger partial charge in [0.2, 0.25) is 0 Å². The molecule has 1 aromatic rings. The first-order valence-electron chi connectivity index (χ1n) is 8.49. The van der Waals surface area contributed by atoms with Gasteiger partial charge in [-0.25, -0.2) is 4.68 Å². The first-order valence-corrected chi connectivity index (χ1v) is 8.49. The number of likely N-dealkylation sites (tertiary alicyclic amines) is 1. The van der Waals surface area contributed by atoms with Gasteiger partial charge >= 0.3 is 0 Å². The molecule has 0 unspecified atom stereocenters. The molecule has 0 spiro atoms. The Morgan fingerprint density at radius 3 is 2.43 bits per heavy atom. The first kappa shape index (κ1) is 14.7. The molecule has 0 radical (unpaired) electrons. The standard InChI is InChI=1S/C16H29N5/c1-3-21-16(15(17)13(2)18-21)20-10-6-14(7-11-20)12-19-8-4-5-9-19/h14H,3-12,17H2,1-2H3. The van der Waals surface area contributed by atoms with Gasteiger partial charge in [-0.05, 0) is 58.5 Å². The van der Waals surface area contributed by atoms with Crippen LogP contribution in [-0.4, -0.2) is 47.4 Å². The minimum absolute atomic E-state index is 0.861. The Morgan fingerprint density at radius 1 is 1.14 bits per heavy atom. The van der Waals surface area contributed by atoms with E-state index in [9.17, 15) is 0 Å². The maximum Gasteiger partial charge on any atom is 0.150 e. The van der Waals surface area contributed by atoms with Crippen LogP contribution in [0.4, 0.5) is 11.5 Å². The van der Waals surface area contributed by atoms with E-state index in [0.717, 1.165) is 42.8 Å². The minimum atomic E-state index is 0.861. The lowest BCUT2D eigenvalue weighted by Gasteiger charge is -2.35. The van der Waals surface area contributed by atoms with Gasteiger partial charge in [0.1, 0.15) is 0 Å². The van der Waals surface area contributed by atoms with Crippen LogP contribution in [0.5, 0.6) is 0 Å². The highest BCUT2D eigenvalue weighted by molar-refractivity contribution is 5.66. The summed E-state index contributed by atoms with van der Waals surface area (Å²) < 4.78 is 2.06. The van der Waals surface area contributed by atoms with Crippen molar-refractivity contribution >= 4 is 11.5 Å². The van der Waals surface area contributed by atoms with E-state index < -0.39 is 0 Å². The molecule has 5 heteroatoms. The Hall–Kier alpha value is -1.23. The predicted octanol–water partition coefficient (Wildman–Crippen LogP) is 2.11. The average Bonchev–Trinajstić information content (AvgIpc) is 3.09. The maximum atomic E-state index is 6.24. The van der Waals surface area contributed by atoms with Crippen LogP contribution in [0.3, 0.4) is 0 Å². The number of rotatable bonds is 4. The molecule has 0 atom stereocenters. The zero-order chi connectivity index (χ0) is 14.8. The fourth-order valence-corrected chi connectivity index (χ4v) is 3.79. The highest BCUT2D eigenvalue weighted by atomic mass is 15.4. The molecule has 1 aromatic heterocycles. The van der Waals surface area contributed by atoms with Gasteiger partial charge < -0.3 is 15.5 Å². The Morgan fingerprint density at radius 2 is 1.81 bits per heavy atom. The van der Waals surface area contributed by atoms with Gasteiger partial charge in [-0.3, -0.25) is 0 Å². The van der Waals surface area contributed by atoms with E-state index in [-0.39, 0.29) is 0 Å². The molecular weight excluding hydrogens is 262 g/mol. The van der Waals surface area contributed by atoms with E-state index in [1.807, 2.05) is 6.92 Å². The summed E-state index contributed by atoms with van der Waals surface area (Å²) in [5.41, 5.74) is 8.08. The number of hydrogen-bond donors (Lipinski definition) is 1. The Bertz CT molecular complexity index is 467. The molecule has 21 heavy (non-hydrogen) atoms. The molecular formula is C16H29N5. The summed E-state index contributed by atoms with van der Waals surface area (Å²) in [6.45, 7) is 11.2. The van der Waals surface area contributed by atoms with Crippen LogP contribution in [0.2, 0.25) is 0 Å². The van der Waals surface area contributed by atoms with Crippen LogP contribution < -0.4 is 10.6 Å². The number of nitrogens with two attached hydrogens (primary N) is 1. The van der Waals surface area contributed by atoms with Crippen LogP contribution in [0.25, 0.3) is 0 Å². The second-order valence-corrected chi connectivity index (χ2v) is 6.58. The summed E-state index contributed by atoms with van der Waals surface area (Å²) in [6, 6.07) is 0. The van der Waals surface area contributed by atoms with Gasteiger partial charge in [0.25, 0.3) is 0 Å². The van der Waals surface area contributed by atoms with Crippen LogP contribution >= 0.6 is 0 Å². The normalized spacial score (nSPS) is 21.3. The number of hydrogen-bond acceptors (Lipinski definition) is 4. The second-order valence-electron chi connectivity index (χ2n) is 6.58. The van der Waals surface area contributed by atoms with Crippen molar-refractivity contribution in [3.05, 3.63) is 5.69 Å². The largest absolute Gasteiger partial charge is 0.394 e. The monoisotopic (exact) mass is 291 g/mol. The molecule has 0 saturated carbocycles. The molecule has 3 rings (SSSR count). The van der Waals surface area contributed by atoms with Crippen molar-refractivity contribution in [3.8, 4) is 0 Å². The lowest BCUT2D eigenvalue weighted by molar-refractivity contribution is 0.249. The van der Waals surface area contributed by atoms with Crippen molar-refractivity contribution in [1.29, 1.82) is 0 Å². The highest BCUT2D eigenvalue weighted by Gasteiger charge is 2.26. The van der Waals surface area contributed by atoms with Gasteiger partial charge in [-0.2, -0.15) is 5.10 Å². The average molecular weight is 291 g/mol. The Kier molecular flexibility index (Phi) is 4.38. The molecule has 2 aliphatic heterocycles. The summed E-state index contributed by atoms with van der Waals surface area (Å²) in [6.07, 6.45) is 5.35. The second kappa shape index (κ2) is 6.26. The lowest BCUT2D eigenvalue weighted by Crippen LogP contribution is -2.39. The smallest absolute Gasteiger partial charge is 0.150 e. The first-order chi connectivity index (χ1) is 10.2. The van der Waals surface area contributed by atoms with Crippen molar-refractivity contribution in [3.63, 3.8) is 0 Å². The Labute approximate surface area is 128 Å². The van der Waals surface area contributed by atoms with E-state index in [0.29, 0.717) is 0 Å². The Balaban J connectivity index is 1.60. The zero-order valence-electron chi connectivity index (χ0n) is 13.5. The molecule has 0 amide bonds. The van der Waals surface area contributed by atoms with Crippen molar-refractivity contribution in [2.24, 2.45) is 5.92 Å². The van der Waals surface area contributed by atoms with Crippen molar-refractivity contribution in [2.75, 3.05) is 43.4 Å². The lowest BCUT2D eigenvalue weighted by atomic mass is 9.96. The van der Waals surface area contributed by atoms with E-state index in [2.05, 4.69) is 26.5 Å². The third-order valence-corrected chi connectivity index (χ3v) is 5.07. The van der Waals surface area contributed by atoms with E-state index in [4.69, 9.17) is 5.73 Å². The number of piperidine rings is 1. The third kappa shape index (κ3) is 3.03. The molecule has 0 aliphatic carbocycles. The summed E-state index contributed by atoms with van der Waals surface area (Å²) in [5, 5.41) is 4.55. The van der Waals surface area contributed by atoms with E-state index in [1.165, 1.54) is 45.3 Å². The van der Waals surface area contributed by atoms with Crippen molar-refractivity contribution in [2.45, 2.75) is 46.1 Å². The zero-order valence-corrected chi connectivity index (χ0v) is 13.5. The van der Waals surface area contributed by atoms with Gasteiger partial charge in [0.15, 0.2) is 5.82 Å². The van der Waals surface area contributed by atoms with Gasteiger partial charge in [-0.15, -0.1) is 0 Å².